The van der Waals surface area contributed by atoms with Crippen LogP contribution < -0.4 is 11.1 Å². The number of anilines is 2. The zero-order chi connectivity index (χ0) is 9.68. The van der Waals surface area contributed by atoms with E-state index in [-0.39, 0.29) is 0 Å². The Labute approximate surface area is 78.6 Å². The number of hydrogen-bond acceptors (Lipinski definition) is 4. The lowest BCUT2D eigenvalue weighted by atomic mass is 10.1. The first-order valence-electron chi connectivity index (χ1n) is 4.53. The van der Waals surface area contributed by atoms with Gasteiger partial charge in [0.25, 0.3) is 0 Å². The number of hydrogen-bond donors (Lipinski definition) is 2. The summed E-state index contributed by atoms with van der Waals surface area (Å²) < 4.78 is 0. The van der Waals surface area contributed by atoms with Crippen molar-refractivity contribution in [3.8, 4) is 0 Å². The Hall–Kier alpha value is -1.32. The van der Waals surface area contributed by atoms with Crippen molar-refractivity contribution in [2.75, 3.05) is 17.6 Å². The molecule has 0 saturated heterocycles. The lowest BCUT2D eigenvalue weighted by Crippen LogP contribution is -2.12. The molecule has 0 aliphatic carbocycles. The predicted molar refractivity (Wildman–Crippen MR) is 54.4 cm³/mol. The molecule has 0 aromatic carbocycles. The first-order chi connectivity index (χ1) is 6.22. The number of aromatic nitrogens is 2. The van der Waals surface area contributed by atoms with Crippen LogP contribution in [0.3, 0.4) is 0 Å². The van der Waals surface area contributed by atoms with Crippen LogP contribution in [-0.2, 0) is 0 Å². The third-order valence-corrected chi connectivity index (χ3v) is 1.98. The van der Waals surface area contributed by atoms with Gasteiger partial charge in [0.2, 0.25) is 5.95 Å². The summed E-state index contributed by atoms with van der Waals surface area (Å²) in [6, 6.07) is 0. The van der Waals surface area contributed by atoms with E-state index in [1.165, 1.54) is 0 Å². The maximum Gasteiger partial charge on any atom is 0.222 e. The predicted octanol–water partition coefficient (Wildman–Crippen LogP) is 1.52. The quantitative estimate of drug-likeness (QED) is 0.737. The zero-order valence-corrected chi connectivity index (χ0v) is 8.12. The van der Waals surface area contributed by atoms with Crippen LogP contribution in [-0.4, -0.2) is 16.5 Å². The molecular formula is C9H16N4. The van der Waals surface area contributed by atoms with Gasteiger partial charge in [-0.2, -0.15) is 0 Å². The minimum Gasteiger partial charge on any atom is -0.396 e. The standard InChI is InChI=1S/C9H16N4/c1-3-7(2)4-11-9-12-5-8(10)6-13-9/h5-7H,3-4,10H2,1-2H3,(H,11,12,13). The van der Waals surface area contributed by atoms with Crippen molar-refractivity contribution in [3.05, 3.63) is 12.4 Å². The van der Waals surface area contributed by atoms with Gasteiger partial charge in [0.05, 0.1) is 18.1 Å². The van der Waals surface area contributed by atoms with Crippen molar-refractivity contribution < 1.29 is 0 Å². The second kappa shape index (κ2) is 4.64. The highest BCUT2D eigenvalue weighted by molar-refractivity contribution is 5.35. The number of nitrogens with one attached hydrogen (secondary N) is 1. The van der Waals surface area contributed by atoms with Gasteiger partial charge >= 0.3 is 0 Å². The fourth-order valence-electron chi connectivity index (χ4n) is 0.839. The summed E-state index contributed by atoms with van der Waals surface area (Å²) in [6.45, 7) is 5.25. The van der Waals surface area contributed by atoms with Crippen molar-refractivity contribution in [3.63, 3.8) is 0 Å². The van der Waals surface area contributed by atoms with Gasteiger partial charge in [-0.25, -0.2) is 9.97 Å². The first-order valence-corrected chi connectivity index (χ1v) is 4.53. The van der Waals surface area contributed by atoms with Gasteiger partial charge < -0.3 is 11.1 Å². The third kappa shape index (κ3) is 3.27. The van der Waals surface area contributed by atoms with Gasteiger partial charge in [0, 0.05) is 6.54 Å². The Morgan fingerprint density at radius 2 is 2.08 bits per heavy atom. The van der Waals surface area contributed by atoms with Crippen molar-refractivity contribution in [2.45, 2.75) is 20.3 Å². The topological polar surface area (TPSA) is 63.8 Å². The molecule has 0 aliphatic heterocycles. The molecule has 1 aromatic rings. The van der Waals surface area contributed by atoms with Crippen molar-refractivity contribution in [1.82, 2.24) is 9.97 Å². The summed E-state index contributed by atoms with van der Waals surface area (Å²) in [5.74, 6) is 1.29. The third-order valence-electron chi connectivity index (χ3n) is 1.98. The lowest BCUT2D eigenvalue weighted by Gasteiger charge is -2.09. The van der Waals surface area contributed by atoms with Gasteiger partial charge in [0.1, 0.15) is 0 Å². The van der Waals surface area contributed by atoms with Crippen LogP contribution >= 0.6 is 0 Å². The normalized spacial score (nSPS) is 12.5. The van der Waals surface area contributed by atoms with E-state index in [9.17, 15) is 0 Å². The fraction of sp³-hybridized carbons (Fsp3) is 0.556. The van der Waals surface area contributed by atoms with E-state index in [2.05, 4.69) is 29.1 Å². The van der Waals surface area contributed by atoms with E-state index in [0.29, 0.717) is 17.6 Å². The van der Waals surface area contributed by atoms with Gasteiger partial charge in [-0.3, -0.25) is 0 Å². The Balaban J connectivity index is 2.41. The molecular weight excluding hydrogens is 164 g/mol. The van der Waals surface area contributed by atoms with Gasteiger partial charge in [-0.15, -0.1) is 0 Å². The van der Waals surface area contributed by atoms with E-state index in [0.717, 1.165) is 13.0 Å². The van der Waals surface area contributed by atoms with E-state index >= 15 is 0 Å². The number of nitrogens with two attached hydrogens (primary N) is 1. The molecule has 4 heteroatoms. The lowest BCUT2D eigenvalue weighted by molar-refractivity contribution is 0.591. The van der Waals surface area contributed by atoms with E-state index in [4.69, 9.17) is 5.73 Å². The molecule has 3 N–H and O–H groups in total. The highest BCUT2D eigenvalue weighted by Crippen LogP contribution is 2.04. The second-order valence-corrected chi connectivity index (χ2v) is 3.23. The molecule has 1 aromatic heterocycles. The van der Waals surface area contributed by atoms with Gasteiger partial charge in [-0.1, -0.05) is 20.3 Å². The van der Waals surface area contributed by atoms with Crippen molar-refractivity contribution >= 4 is 11.6 Å². The molecule has 1 rings (SSSR count). The molecule has 0 spiro atoms. The van der Waals surface area contributed by atoms with Crippen LogP contribution in [0.1, 0.15) is 20.3 Å². The van der Waals surface area contributed by atoms with Crippen molar-refractivity contribution in [2.24, 2.45) is 5.92 Å². The summed E-state index contributed by atoms with van der Waals surface area (Å²) in [5, 5.41) is 3.14. The molecule has 13 heavy (non-hydrogen) atoms. The minimum absolute atomic E-state index is 0.592. The Bertz CT molecular complexity index is 244. The average molecular weight is 180 g/mol. The molecule has 72 valence electrons. The molecule has 1 atom stereocenters. The molecule has 1 unspecified atom stereocenters. The van der Waals surface area contributed by atoms with E-state index in [1.54, 1.807) is 12.4 Å². The Morgan fingerprint density at radius 3 is 2.62 bits per heavy atom. The molecule has 0 fully saturated rings. The summed E-state index contributed by atoms with van der Waals surface area (Å²) in [5.41, 5.74) is 6.05. The molecule has 0 bridgehead atoms. The average Bonchev–Trinajstić information content (AvgIpc) is 2.16. The maximum atomic E-state index is 5.46. The van der Waals surface area contributed by atoms with Crippen LogP contribution in [0.25, 0.3) is 0 Å². The number of rotatable bonds is 4. The van der Waals surface area contributed by atoms with Crippen LogP contribution in [0.4, 0.5) is 11.6 Å². The molecule has 0 radical (unpaired) electrons. The second-order valence-electron chi connectivity index (χ2n) is 3.23. The molecule has 4 nitrogen and oxygen atoms in total. The molecule has 0 aliphatic rings. The first kappa shape index (κ1) is 9.77. The van der Waals surface area contributed by atoms with Gasteiger partial charge in [0.15, 0.2) is 0 Å². The molecule has 0 amide bonds. The molecule has 1 heterocycles. The highest BCUT2D eigenvalue weighted by atomic mass is 15.1. The summed E-state index contributed by atoms with van der Waals surface area (Å²) in [6.07, 6.45) is 4.36. The SMILES string of the molecule is CCC(C)CNc1ncc(N)cn1. The van der Waals surface area contributed by atoms with Crippen LogP contribution in [0.5, 0.6) is 0 Å². The smallest absolute Gasteiger partial charge is 0.222 e. The van der Waals surface area contributed by atoms with Crippen LogP contribution in [0.2, 0.25) is 0 Å². The monoisotopic (exact) mass is 180 g/mol. The minimum atomic E-state index is 0.592. The van der Waals surface area contributed by atoms with Crippen LogP contribution in [0, 0.1) is 5.92 Å². The maximum absolute atomic E-state index is 5.46. The molecule has 0 saturated carbocycles. The number of nitrogens with zero attached hydrogens (tertiary/aromatic N) is 2. The Morgan fingerprint density at radius 1 is 1.46 bits per heavy atom. The van der Waals surface area contributed by atoms with Crippen LogP contribution in [0.15, 0.2) is 12.4 Å². The largest absolute Gasteiger partial charge is 0.396 e. The van der Waals surface area contributed by atoms with E-state index < -0.39 is 0 Å². The number of nitrogen functional groups attached to an aromatic ring is 1. The van der Waals surface area contributed by atoms with Crippen molar-refractivity contribution in [1.29, 1.82) is 0 Å². The fourth-order valence-corrected chi connectivity index (χ4v) is 0.839. The summed E-state index contributed by atoms with van der Waals surface area (Å²) in [7, 11) is 0. The van der Waals surface area contributed by atoms with Gasteiger partial charge in [-0.05, 0) is 5.92 Å². The van der Waals surface area contributed by atoms with E-state index in [1.807, 2.05) is 0 Å². The Kier molecular flexibility index (Phi) is 3.49. The highest BCUT2D eigenvalue weighted by Gasteiger charge is 1.99. The summed E-state index contributed by atoms with van der Waals surface area (Å²) >= 11 is 0. The summed E-state index contributed by atoms with van der Waals surface area (Å²) in [4.78, 5) is 8.07. The zero-order valence-electron chi connectivity index (χ0n) is 8.12.